The summed E-state index contributed by atoms with van der Waals surface area (Å²) in [6, 6.07) is -0.347. The van der Waals surface area contributed by atoms with Crippen LogP contribution in [0.25, 0.3) is 0 Å². The van der Waals surface area contributed by atoms with Crippen LogP contribution < -0.4 is 0 Å². The van der Waals surface area contributed by atoms with Gasteiger partial charge in [-0.25, -0.2) is 0 Å². The molecule has 0 bridgehead atoms. The molecule has 92 valence electrons. The van der Waals surface area contributed by atoms with E-state index < -0.39 is 12.2 Å². The Balaban J connectivity index is 2.14. The van der Waals surface area contributed by atoms with Gasteiger partial charge in [-0.05, 0) is 6.42 Å². The summed E-state index contributed by atoms with van der Waals surface area (Å²) in [7, 11) is 3.81. The number of rotatable bonds is 1. The SMILES string of the molecule is CC[C@H]1O[C@@H]2SC(N(C)C)=N[C@@H]2[C@@H](O)[C@@H]1O. The first-order valence-electron chi connectivity index (χ1n) is 5.48. The molecule has 0 radical (unpaired) electrons. The van der Waals surface area contributed by atoms with E-state index >= 15 is 0 Å². The van der Waals surface area contributed by atoms with Crippen LogP contribution in [-0.2, 0) is 4.74 Å². The van der Waals surface area contributed by atoms with Crippen molar-refractivity contribution in [2.75, 3.05) is 14.1 Å². The third-order valence-electron chi connectivity index (χ3n) is 2.93. The van der Waals surface area contributed by atoms with Gasteiger partial charge in [0.15, 0.2) is 5.17 Å². The van der Waals surface area contributed by atoms with Gasteiger partial charge in [0.05, 0.1) is 6.10 Å². The number of hydrogen-bond donors (Lipinski definition) is 2. The van der Waals surface area contributed by atoms with Crippen LogP contribution in [0.4, 0.5) is 0 Å². The van der Waals surface area contributed by atoms with Gasteiger partial charge in [-0.15, -0.1) is 0 Å². The summed E-state index contributed by atoms with van der Waals surface area (Å²) >= 11 is 1.51. The first-order chi connectivity index (χ1) is 7.54. The second-order valence-corrected chi connectivity index (χ2v) is 5.41. The van der Waals surface area contributed by atoms with Gasteiger partial charge in [-0.3, -0.25) is 4.99 Å². The molecule has 2 aliphatic rings. The summed E-state index contributed by atoms with van der Waals surface area (Å²) in [5.41, 5.74) is -0.166. The molecule has 0 aromatic heterocycles. The molecular weight excluding hydrogens is 228 g/mol. The second kappa shape index (κ2) is 4.52. The Hall–Kier alpha value is -0.300. The molecule has 0 unspecified atom stereocenters. The van der Waals surface area contributed by atoms with Crippen molar-refractivity contribution in [1.29, 1.82) is 0 Å². The van der Waals surface area contributed by atoms with Crippen LogP contribution in [0.1, 0.15) is 13.3 Å². The molecule has 2 N–H and O–H groups in total. The zero-order valence-electron chi connectivity index (χ0n) is 9.70. The number of fused-ring (bicyclic) bond motifs is 1. The van der Waals surface area contributed by atoms with Gasteiger partial charge in [-0.1, -0.05) is 18.7 Å². The van der Waals surface area contributed by atoms with Crippen molar-refractivity contribution < 1.29 is 14.9 Å². The highest BCUT2D eigenvalue weighted by Crippen LogP contribution is 2.37. The third-order valence-corrected chi connectivity index (χ3v) is 4.24. The minimum atomic E-state index is -0.836. The predicted octanol–water partition coefficient (Wildman–Crippen LogP) is -0.124. The molecule has 0 aromatic carbocycles. The zero-order chi connectivity index (χ0) is 11.9. The number of aliphatic imine (C=N–C) groups is 1. The van der Waals surface area contributed by atoms with E-state index in [0.29, 0.717) is 6.42 Å². The van der Waals surface area contributed by atoms with Crippen LogP contribution in [0.15, 0.2) is 4.99 Å². The molecule has 16 heavy (non-hydrogen) atoms. The van der Waals surface area contributed by atoms with E-state index in [1.54, 1.807) is 0 Å². The highest BCUT2D eigenvalue weighted by atomic mass is 32.2. The van der Waals surface area contributed by atoms with Crippen LogP contribution in [0, 0.1) is 0 Å². The molecule has 0 amide bonds. The van der Waals surface area contributed by atoms with Gasteiger partial charge in [0.2, 0.25) is 0 Å². The first kappa shape index (κ1) is 12.2. The van der Waals surface area contributed by atoms with Gasteiger partial charge in [0.1, 0.15) is 23.7 Å². The van der Waals surface area contributed by atoms with Crippen molar-refractivity contribution in [3.8, 4) is 0 Å². The molecule has 5 nitrogen and oxygen atoms in total. The number of aliphatic hydroxyl groups is 2. The Labute approximate surface area is 99.5 Å². The number of nitrogens with zero attached hydrogens (tertiary/aromatic N) is 2. The maximum absolute atomic E-state index is 9.98. The molecule has 5 atom stereocenters. The molecule has 0 aromatic rings. The minimum absolute atomic E-state index is 0.166. The highest BCUT2D eigenvalue weighted by molar-refractivity contribution is 8.14. The molecule has 1 saturated heterocycles. The van der Waals surface area contributed by atoms with E-state index in [4.69, 9.17) is 4.74 Å². The Kier molecular flexibility index (Phi) is 3.44. The van der Waals surface area contributed by atoms with Crippen LogP contribution in [-0.4, -0.2) is 64.2 Å². The van der Waals surface area contributed by atoms with E-state index in [1.165, 1.54) is 11.8 Å². The van der Waals surface area contributed by atoms with E-state index in [-0.39, 0.29) is 17.6 Å². The molecule has 0 spiro atoms. The third kappa shape index (κ3) is 1.95. The fourth-order valence-corrected chi connectivity index (χ4v) is 3.13. The summed E-state index contributed by atoms with van der Waals surface area (Å²) < 4.78 is 5.73. The monoisotopic (exact) mass is 246 g/mol. The van der Waals surface area contributed by atoms with E-state index in [1.807, 2.05) is 25.9 Å². The smallest absolute Gasteiger partial charge is 0.161 e. The lowest BCUT2D eigenvalue weighted by Gasteiger charge is -2.37. The van der Waals surface area contributed by atoms with Crippen molar-refractivity contribution in [3.63, 3.8) is 0 Å². The predicted molar refractivity (Wildman–Crippen MR) is 63.5 cm³/mol. The summed E-state index contributed by atoms with van der Waals surface area (Å²) in [5.74, 6) is 0. The van der Waals surface area contributed by atoms with Crippen LogP contribution in [0.3, 0.4) is 0 Å². The maximum Gasteiger partial charge on any atom is 0.161 e. The fraction of sp³-hybridized carbons (Fsp3) is 0.900. The average Bonchev–Trinajstić information content (AvgIpc) is 2.67. The topological polar surface area (TPSA) is 65.3 Å². The summed E-state index contributed by atoms with van der Waals surface area (Å²) in [6.07, 6.45) is -1.26. The lowest BCUT2D eigenvalue weighted by atomic mass is 9.97. The van der Waals surface area contributed by atoms with Gasteiger partial charge >= 0.3 is 0 Å². The van der Waals surface area contributed by atoms with Crippen molar-refractivity contribution in [3.05, 3.63) is 0 Å². The fourth-order valence-electron chi connectivity index (χ4n) is 1.97. The second-order valence-electron chi connectivity index (χ2n) is 4.35. The molecule has 2 heterocycles. The van der Waals surface area contributed by atoms with Crippen molar-refractivity contribution in [2.45, 2.75) is 43.1 Å². The molecular formula is C10H18N2O3S. The van der Waals surface area contributed by atoms with Crippen molar-refractivity contribution in [2.24, 2.45) is 4.99 Å². The lowest BCUT2D eigenvalue weighted by Crippen LogP contribution is -2.54. The summed E-state index contributed by atoms with van der Waals surface area (Å²) in [4.78, 5) is 6.28. The molecule has 1 fully saturated rings. The number of hydrogen-bond acceptors (Lipinski definition) is 6. The van der Waals surface area contributed by atoms with Gasteiger partial charge in [-0.2, -0.15) is 0 Å². The zero-order valence-corrected chi connectivity index (χ0v) is 10.5. The summed E-state index contributed by atoms with van der Waals surface area (Å²) in [5, 5.41) is 20.7. The molecule has 2 rings (SSSR count). The molecule has 0 saturated carbocycles. The number of thioether (sulfide) groups is 1. The Morgan fingerprint density at radius 1 is 1.38 bits per heavy atom. The quantitative estimate of drug-likeness (QED) is 0.675. The standard InChI is InChI=1S/C10H18N2O3S/c1-4-5-7(13)8(14)6-9(15-5)16-10(11-6)12(2)3/h5-9,13-14H,4H2,1-3H3/t5-,6-,7-,8-,9-/m1/s1. The normalized spacial score (nSPS) is 42.8. The molecule has 0 aliphatic carbocycles. The van der Waals surface area contributed by atoms with E-state index in [2.05, 4.69) is 4.99 Å². The minimum Gasteiger partial charge on any atom is -0.388 e. The average molecular weight is 246 g/mol. The molecule has 2 aliphatic heterocycles. The van der Waals surface area contributed by atoms with Gasteiger partial charge in [0.25, 0.3) is 0 Å². The number of aliphatic hydroxyl groups excluding tert-OH is 2. The highest BCUT2D eigenvalue weighted by Gasteiger charge is 2.47. The van der Waals surface area contributed by atoms with Crippen molar-refractivity contribution in [1.82, 2.24) is 4.90 Å². The van der Waals surface area contributed by atoms with E-state index in [9.17, 15) is 10.2 Å². The number of ether oxygens (including phenoxy) is 1. The van der Waals surface area contributed by atoms with E-state index in [0.717, 1.165) is 5.17 Å². The molecule has 6 heteroatoms. The maximum atomic E-state index is 9.98. The lowest BCUT2D eigenvalue weighted by molar-refractivity contribution is -0.153. The van der Waals surface area contributed by atoms with Crippen LogP contribution in [0.2, 0.25) is 0 Å². The van der Waals surface area contributed by atoms with Crippen LogP contribution >= 0.6 is 11.8 Å². The Morgan fingerprint density at radius 2 is 2.06 bits per heavy atom. The Morgan fingerprint density at radius 3 is 2.62 bits per heavy atom. The Bertz CT molecular complexity index is 298. The largest absolute Gasteiger partial charge is 0.388 e. The summed E-state index contributed by atoms with van der Waals surface area (Å²) in [6.45, 7) is 1.94. The first-order valence-corrected chi connectivity index (χ1v) is 6.36. The van der Waals surface area contributed by atoms with Gasteiger partial charge < -0.3 is 19.8 Å². The van der Waals surface area contributed by atoms with Gasteiger partial charge in [0, 0.05) is 14.1 Å². The van der Waals surface area contributed by atoms with Crippen molar-refractivity contribution >= 4 is 16.9 Å². The van der Waals surface area contributed by atoms with Crippen LogP contribution in [0.5, 0.6) is 0 Å². The number of amidine groups is 1.